The van der Waals surface area contributed by atoms with Crippen molar-refractivity contribution in [3.8, 4) is 17.2 Å². The van der Waals surface area contributed by atoms with E-state index in [0.29, 0.717) is 31.6 Å². The van der Waals surface area contributed by atoms with Gasteiger partial charge in [-0.05, 0) is 12.8 Å². The number of ether oxygens (including phenoxy) is 3. The highest BCUT2D eigenvalue weighted by Gasteiger charge is 2.21. The van der Waals surface area contributed by atoms with Crippen LogP contribution in [0.3, 0.4) is 0 Å². The average Bonchev–Trinajstić information content (AvgIpc) is 2.89. The Kier molecular flexibility index (Phi) is 9.33. The molecule has 0 bridgehead atoms. The number of nitrogens with one attached hydrogen (secondary N) is 1. The Morgan fingerprint density at radius 3 is 2.39 bits per heavy atom. The van der Waals surface area contributed by atoms with E-state index in [2.05, 4.69) is 20.3 Å². The van der Waals surface area contributed by atoms with Crippen molar-refractivity contribution in [3.05, 3.63) is 47.6 Å². The number of nitrogens with zero attached hydrogens (tertiary/aromatic N) is 4. The zero-order chi connectivity index (χ0) is 26.1. The molecule has 0 atom stereocenters. The van der Waals surface area contributed by atoms with Gasteiger partial charge in [0.1, 0.15) is 13.2 Å². The maximum atomic E-state index is 14.5. The number of benzene rings is 1. The van der Waals surface area contributed by atoms with E-state index >= 15 is 0 Å². The van der Waals surface area contributed by atoms with E-state index in [9.17, 15) is 18.7 Å². The van der Waals surface area contributed by atoms with Gasteiger partial charge in [0.15, 0.2) is 28.9 Å². The summed E-state index contributed by atoms with van der Waals surface area (Å²) in [6.07, 6.45) is 5.98. The molecular weight excluding hydrogens is 478 g/mol. The normalized spacial score (nSPS) is 14.7. The number of nitrogens with two attached hydrogens (primary N) is 1. The molecule has 13 heteroatoms. The number of aliphatic hydroxyl groups excluding tert-OH is 1. The Balaban J connectivity index is 1.55. The summed E-state index contributed by atoms with van der Waals surface area (Å²) in [5.41, 5.74) is 5.58. The lowest BCUT2D eigenvalue weighted by Gasteiger charge is -2.29. The van der Waals surface area contributed by atoms with Gasteiger partial charge in [-0.3, -0.25) is 9.79 Å². The Bertz CT molecular complexity index is 1080. The molecule has 36 heavy (non-hydrogen) atoms. The number of amides is 1. The minimum absolute atomic E-state index is 0.0646. The van der Waals surface area contributed by atoms with Gasteiger partial charge in [-0.2, -0.15) is 0 Å². The van der Waals surface area contributed by atoms with E-state index in [1.807, 2.05) is 0 Å². The lowest BCUT2D eigenvalue weighted by molar-refractivity contribution is -0.131. The number of aromatic nitrogens is 2. The molecule has 1 amide bonds. The Labute approximate surface area is 206 Å². The molecule has 194 valence electrons. The predicted molar refractivity (Wildman–Crippen MR) is 127 cm³/mol. The second-order valence-electron chi connectivity index (χ2n) is 7.75. The number of rotatable bonds is 10. The van der Waals surface area contributed by atoms with Crippen molar-refractivity contribution in [2.75, 3.05) is 39.2 Å². The molecule has 4 N–H and O–H groups in total. The fourth-order valence-electron chi connectivity index (χ4n) is 3.36. The minimum Gasteiger partial charge on any atom is -0.494 e. The predicted octanol–water partition coefficient (Wildman–Crippen LogP) is 1.62. The van der Waals surface area contributed by atoms with E-state index in [1.54, 1.807) is 4.90 Å². The molecule has 3 rings (SSSR count). The quantitative estimate of drug-likeness (QED) is 0.409. The Morgan fingerprint density at radius 1 is 1.22 bits per heavy atom. The zero-order valence-corrected chi connectivity index (χ0v) is 19.9. The number of piperidine rings is 1. The number of halogens is 2. The molecule has 0 aliphatic carbocycles. The molecule has 11 nitrogen and oxygen atoms in total. The van der Waals surface area contributed by atoms with Gasteiger partial charge in [-0.25, -0.2) is 18.7 Å². The Morgan fingerprint density at radius 2 is 1.83 bits per heavy atom. The largest absolute Gasteiger partial charge is 0.494 e. The van der Waals surface area contributed by atoms with Crippen LogP contribution in [0.2, 0.25) is 0 Å². The molecule has 2 aromatic rings. The molecule has 0 unspecified atom stereocenters. The number of aliphatic hydroxyl groups is 1. The van der Waals surface area contributed by atoms with Crippen molar-refractivity contribution in [1.82, 2.24) is 14.9 Å². The van der Waals surface area contributed by atoms with Gasteiger partial charge in [0.2, 0.25) is 11.9 Å². The first-order valence-electron chi connectivity index (χ1n) is 11.0. The SMILES string of the molecule is COc1cc(OC)c(F)c(COc2cnc(NC(C=NCC(=O)N3CCC(O)CC3)=CN)nc2)c1F. The van der Waals surface area contributed by atoms with Crippen LogP contribution in [0.1, 0.15) is 18.4 Å². The number of hydrogen-bond donors (Lipinski definition) is 3. The number of carbonyl (C=O) groups is 1. The van der Waals surface area contributed by atoms with Crippen molar-refractivity contribution in [1.29, 1.82) is 0 Å². The maximum absolute atomic E-state index is 14.5. The summed E-state index contributed by atoms with van der Waals surface area (Å²) in [7, 11) is 2.51. The van der Waals surface area contributed by atoms with E-state index in [4.69, 9.17) is 19.9 Å². The average molecular weight is 507 g/mol. The van der Waals surface area contributed by atoms with Crippen molar-refractivity contribution < 1.29 is 32.9 Å². The Hall–Kier alpha value is -4.00. The third-order valence-electron chi connectivity index (χ3n) is 5.39. The molecule has 1 aromatic carbocycles. The number of likely N-dealkylation sites (tertiary alicyclic amines) is 1. The van der Waals surface area contributed by atoms with Gasteiger partial charge in [-0.1, -0.05) is 0 Å². The summed E-state index contributed by atoms with van der Waals surface area (Å²) in [4.78, 5) is 26.1. The van der Waals surface area contributed by atoms with Crippen LogP contribution in [-0.4, -0.2) is 72.1 Å². The number of allylic oxidation sites excluding steroid dienone is 1. The van der Waals surface area contributed by atoms with Crippen LogP contribution in [0, 0.1) is 11.6 Å². The summed E-state index contributed by atoms with van der Waals surface area (Å²) < 4.78 is 44.2. The second kappa shape index (κ2) is 12.6. The van der Waals surface area contributed by atoms with Crippen LogP contribution >= 0.6 is 0 Å². The number of carbonyl (C=O) groups excluding carboxylic acids is 1. The van der Waals surface area contributed by atoms with Gasteiger partial charge in [0.25, 0.3) is 0 Å². The van der Waals surface area contributed by atoms with E-state index < -0.39 is 18.2 Å². The standard InChI is InChI=1S/C23H28F2N6O5/c1-34-18-7-19(35-2)22(25)17(21(18)24)13-36-16-10-28-23(29-11-16)30-14(8-26)9-27-12-20(33)31-5-3-15(32)4-6-31/h7-11,15,32H,3-6,12-13,26H2,1-2H3,(H,28,29,30). The molecular formula is C23H28F2N6O5. The topological polar surface area (TPSA) is 144 Å². The van der Waals surface area contributed by atoms with Gasteiger partial charge in [-0.15, -0.1) is 0 Å². The zero-order valence-electron chi connectivity index (χ0n) is 19.9. The molecule has 0 saturated carbocycles. The second-order valence-corrected chi connectivity index (χ2v) is 7.75. The lowest BCUT2D eigenvalue weighted by Crippen LogP contribution is -2.41. The summed E-state index contributed by atoms with van der Waals surface area (Å²) in [6.45, 7) is 0.484. The molecule has 1 aliphatic rings. The highest BCUT2D eigenvalue weighted by molar-refractivity contribution is 5.85. The van der Waals surface area contributed by atoms with Gasteiger partial charge < -0.3 is 35.3 Å². The molecule has 1 aromatic heterocycles. The van der Waals surface area contributed by atoms with Crippen LogP contribution in [-0.2, 0) is 11.4 Å². The van der Waals surface area contributed by atoms with Gasteiger partial charge >= 0.3 is 0 Å². The third kappa shape index (κ3) is 6.78. The summed E-state index contributed by atoms with van der Waals surface area (Å²) in [5, 5.41) is 12.4. The molecule has 1 aliphatic heterocycles. The fourth-order valence-corrected chi connectivity index (χ4v) is 3.36. The van der Waals surface area contributed by atoms with Gasteiger partial charge in [0.05, 0.1) is 44.0 Å². The molecule has 0 radical (unpaired) electrons. The van der Waals surface area contributed by atoms with E-state index in [-0.39, 0.29) is 47.3 Å². The van der Waals surface area contributed by atoms with Crippen molar-refractivity contribution in [2.24, 2.45) is 10.7 Å². The van der Waals surface area contributed by atoms with Crippen molar-refractivity contribution in [3.63, 3.8) is 0 Å². The van der Waals surface area contributed by atoms with Crippen LogP contribution in [0.5, 0.6) is 17.2 Å². The third-order valence-corrected chi connectivity index (χ3v) is 5.39. The summed E-state index contributed by atoms with van der Waals surface area (Å²) in [5.74, 6) is -1.99. The highest BCUT2D eigenvalue weighted by atomic mass is 19.1. The summed E-state index contributed by atoms with van der Waals surface area (Å²) >= 11 is 0. The van der Waals surface area contributed by atoms with E-state index in [0.717, 1.165) is 6.07 Å². The minimum atomic E-state index is -0.900. The van der Waals surface area contributed by atoms with Crippen LogP contribution < -0.4 is 25.3 Å². The lowest BCUT2D eigenvalue weighted by atomic mass is 10.1. The fraction of sp³-hybridized carbons (Fsp3) is 0.391. The first-order valence-corrected chi connectivity index (χ1v) is 11.0. The number of anilines is 1. The number of aliphatic imine (C=N–C) groups is 1. The number of methoxy groups -OCH3 is 2. The summed E-state index contributed by atoms with van der Waals surface area (Å²) in [6, 6.07) is 1.11. The smallest absolute Gasteiger partial charge is 0.244 e. The van der Waals surface area contributed by atoms with Crippen molar-refractivity contribution >= 4 is 18.1 Å². The van der Waals surface area contributed by atoms with Crippen LogP contribution in [0.15, 0.2) is 35.3 Å². The molecule has 2 heterocycles. The maximum Gasteiger partial charge on any atom is 0.244 e. The molecule has 1 fully saturated rings. The van der Waals surface area contributed by atoms with E-state index in [1.165, 1.54) is 39.0 Å². The highest BCUT2D eigenvalue weighted by Crippen LogP contribution is 2.31. The monoisotopic (exact) mass is 506 g/mol. The first-order chi connectivity index (χ1) is 17.4. The van der Waals surface area contributed by atoms with Gasteiger partial charge in [0, 0.05) is 31.6 Å². The van der Waals surface area contributed by atoms with Crippen molar-refractivity contribution in [2.45, 2.75) is 25.6 Å². The first kappa shape index (κ1) is 26.6. The number of hydrogen-bond acceptors (Lipinski definition) is 10. The van der Waals surface area contributed by atoms with Crippen LogP contribution in [0.4, 0.5) is 14.7 Å². The van der Waals surface area contributed by atoms with Crippen LogP contribution in [0.25, 0.3) is 0 Å². The molecule has 0 spiro atoms. The molecule has 1 saturated heterocycles.